The van der Waals surface area contributed by atoms with Crippen molar-refractivity contribution in [3.63, 3.8) is 0 Å². The van der Waals surface area contributed by atoms with E-state index < -0.39 is 11.2 Å². The fourth-order valence-corrected chi connectivity index (χ4v) is 2.54. The molecule has 1 radical (unpaired) electrons. The molecule has 0 saturated carbocycles. The molecule has 1 aliphatic heterocycles. The van der Waals surface area contributed by atoms with Gasteiger partial charge < -0.3 is 14.2 Å². The van der Waals surface area contributed by atoms with Crippen LogP contribution in [0.15, 0.2) is 27.4 Å². The molecule has 2 heterocycles. The second kappa shape index (κ2) is 5.29. The molecule has 1 aromatic carbocycles. The summed E-state index contributed by atoms with van der Waals surface area (Å²) in [6.45, 7) is 3.07. The highest BCUT2D eigenvalue weighted by Gasteiger charge is 2.20. The van der Waals surface area contributed by atoms with Crippen molar-refractivity contribution in [3.05, 3.63) is 40.0 Å². The summed E-state index contributed by atoms with van der Waals surface area (Å²) in [5.74, 6) is -0.666. The molecule has 1 aliphatic rings. The van der Waals surface area contributed by atoms with Gasteiger partial charge >= 0.3 is 0 Å². The Morgan fingerprint density at radius 2 is 1.90 bits per heavy atom. The predicted octanol–water partition coefficient (Wildman–Crippen LogP) is 1.14. The maximum atomic E-state index is 13.8. The number of benzene rings is 1. The zero-order valence-corrected chi connectivity index (χ0v) is 11.6. The first-order chi connectivity index (χ1) is 10.1. The number of halogens is 1. The molecule has 0 spiro atoms. The van der Waals surface area contributed by atoms with Gasteiger partial charge in [-0.15, -0.1) is 0 Å². The normalized spacial score (nSPS) is 16.4. The second-order valence-electron chi connectivity index (χ2n) is 5.17. The molecule has 0 N–H and O–H groups in total. The second-order valence-corrected chi connectivity index (χ2v) is 5.17. The van der Waals surface area contributed by atoms with E-state index in [2.05, 4.69) is 4.90 Å². The Labute approximate surface area is 120 Å². The van der Waals surface area contributed by atoms with Crippen molar-refractivity contribution in [2.75, 3.05) is 38.1 Å². The van der Waals surface area contributed by atoms with Crippen LogP contribution in [-0.2, 0) is 4.79 Å². The Balaban J connectivity index is 2.18. The van der Waals surface area contributed by atoms with Crippen molar-refractivity contribution in [2.24, 2.45) is 0 Å². The molecule has 0 amide bonds. The Morgan fingerprint density at radius 3 is 2.57 bits per heavy atom. The van der Waals surface area contributed by atoms with Crippen LogP contribution in [0.25, 0.3) is 11.0 Å². The summed E-state index contributed by atoms with van der Waals surface area (Å²) >= 11 is 0. The average molecular weight is 289 g/mol. The summed E-state index contributed by atoms with van der Waals surface area (Å²) in [7, 11) is 2.01. The molecule has 3 rings (SSSR count). The van der Waals surface area contributed by atoms with E-state index in [1.54, 1.807) is 6.29 Å². The Morgan fingerprint density at radius 1 is 1.19 bits per heavy atom. The highest BCUT2D eigenvalue weighted by atomic mass is 19.1. The molecule has 2 aromatic rings. The van der Waals surface area contributed by atoms with Gasteiger partial charge in [0.2, 0.25) is 0 Å². The lowest BCUT2D eigenvalue weighted by Gasteiger charge is -2.34. The van der Waals surface area contributed by atoms with Crippen molar-refractivity contribution in [2.45, 2.75) is 0 Å². The molecule has 0 aliphatic carbocycles. The molecule has 109 valence electrons. The fourth-order valence-electron chi connectivity index (χ4n) is 2.54. The summed E-state index contributed by atoms with van der Waals surface area (Å²) in [6, 6.07) is 3.50. The molecule has 1 saturated heterocycles. The lowest BCUT2D eigenvalue weighted by Crippen LogP contribution is -2.44. The van der Waals surface area contributed by atoms with E-state index in [9.17, 15) is 14.0 Å². The van der Waals surface area contributed by atoms with Crippen molar-refractivity contribution in [1.82, 2.24) is 4.90 Å². The molecule has 0 bridgehead atoms. The van der Waals surface area contributed by atoms with Crippen LogP contribution in [0.3, 0.4) is 0 Å². The van der Waals surface area contributed by atoms with Gasteiger partial charge in [-0.25, -0.2) is 4.39 Å². The summed E-state index contributed by atoms with van der Waals surface area (Å²) < 4.78 is 19.2. The molecular formula is C15H14FN2O3. The van der Waals surface area contributed by atoms with E-state index in [1.165, 1.54) is 6.07 Å². The van der Waals surface area contributed by atoms with Gasteiger partial charge in [-0.2, -0.15) is 0 Å². The quantitative estimate of drug-likeness (QED) is 0.830. The van der Waals surface area contributed by atoms with E-state index in [-0.39, 0.29) is 16.7 Å². The number of hydrogen-bond acceptors (Lipinski definition) is 5. The predicted molar refractivity (Wildman–Crippen MR) is 76.9 cm³/mol. The van der Waals surface area contributed by atoms with E-state index in [1.807, 2.05) is 11.9 Å². The topological polar surface area (TPSA) is 53.8 Å². The zero-order valence-electron chi connectivity index (χ0n) is 11.6. The summed E-state index contributed by atoms with van der Waals surface area (Å²) in [5, 5.41) is 0.142. The number of anilines is 1. The summed E-state index contributed by atoms with van der Waals surface area (Å²) in [6.07, 6.45) is 1.57. The molecule has 6 heteroatoms. The third kappa shape index (κ3) is 2.54. The maximum absolute atomic E-state index is 13.8. The Kier molecular flexibility index (Phi) is 3.47. The lowest BCUT2D eigenvalue weighted by molar-refractivity contribution is 0.312. The van der Waals surface area contributed by atoms with Gasteiger partial charge in [0.1, 0.15) is 5.82 Å². The summed E-state index contributed by atoms with van der Waals surface area (Å²) in [5.41, 5.74) is 0.309. The average Bonchev–Trinajstić information content (AvgIpc) is 2.48. The number of hydrogen-bond donors (Lipinski definition) is 0. The highest BCUT2D eigenvalue weighted by molar-refractivity contribution is 5.90. The van der Waals surface area contributed by atoms with Crippen LogP contribution < -0.4 is 10.3 Å². The fraction of sp³-hybridized carbons (Fsp3) is 0.333. The van der Waals surface area contributed by atoms with Gasteiger partial charge in [0, 0.05) is 38.3 Å². The third-order valence-electron chi connectivity index (χ3n) is 3.72. The Bertz CT molecular complexity index is 748. The van der Waals surface area contributed by atoms with Crippen LogP contribution in [0.5, 0.6) is 0 Å². The smallest absolute Gasteiger partial charge is 0.272 e. The van der Waals surface area contributed by atoms with Gasteiger partial charge in [0.05, 0.1) is 11.1 Å². The first-order valence-electron chi connectivity index (χ1n) is 6.67. The number of rotatable bonds is 2. The van der Waals surface area contributed by atoms with Gasteiger partial charge in [0.15, 0.2) is 16.8 Å². The SMILES string of the molecule is CN1CCN(c2cc(F)cc3c(=O)cc([C]=O)oc23)CC1. The van der Waals surface area contributed by atoms with Gasteiger partial charge in [0.25, 0.3) is 6.29 Å². The summed E-state index contributed by atoms with van der Waals surface area (Å²) in [4.78, 5) is 26.8. The molecule has 1 aromatic heterocycles. The number of fused-ring (bicyclic) bond motifs is 1. The van der Waals surface area contributed by atoms with E-state index >= 15 is 0 Å². The van der Waals surface area contributed by atoms with E-state index in [4.69, 9.17) is 4.42 Å². The minimum absolute atomic E-state index is 0.142. The first-order valence-corrected chi connectivity index (χ1v) is 6.67. The molecule has 0 atom stereocenters. The molecular weight excluding hydrogens is 275 g/mol. The maximum Gasteiger partial charge on any atom is 0.272 e. The number of carbonyl (C=O) groups excluding carboxylic acids is 1. The van der Waals surface area contributed by atoms with Gasteiger partial charge in [-0.3, -0.25) is 9.59 Å². The monoisotopic (exact) mass is 289 g/mol. The van der Waals surface area contributed by atoms with Crippen molar-refractivity contribution in [3.8, 4) is 0 Å². The number of nitrogens with zero attached hydrogens (tertiary/aromatic N) is 2. The standard InChI is InChI=1S/C15H14FN2O3/c1-17-2-4-18(5-3-17)13-7-10(16)6-12-14(20)8-11(9-19)21-15(12)13/h6-8H,2-5H2,1H3. The molecule has 5 nitrogen and oxygen atoms in total. The molecule has 1 fully saturated rings. The Hall–Kier alpha value is -2.21. The van der Waals surface area contributed by atoms with Crippen LogP contribution in [0.2, 0.25) is 0 Å². The molecule has 21 heavy (non-hydrogen) atoms. The third-order valence-corrected chi connectivity index (χ3v) is 3.72. The molecule has 0 unspecified atom stereocenters. The van der Waals surface area contributed by atoms with Gasteiger partial charge in [-0.1, -0.05) is 0 Å². The van der Waals surface area contributed by atoms with Crippen LogP contribution in [0.4, 0.5) is 10.1 Å². The van der Waals surface area contributed by atoms with E-state index in [0.717, 1.165) is 25.2 Å². The van der Waals surface area contributed by atoms with Crippen LogP contribution in [-0.4, -0.2) is 44.4 Å². The largest absolute Gasteiger partial charge is 0.450 e. The first kappa shape index (κ1) is 13.8. The minimum Gasteiger partial charge on any atom is -0.450 e. The van der Waals surface area contributed by atoms with E-state index in [0.29, 0.717) is 18.8 Å². The van der Waals surface area contributed by atoms with Crippen molar-refractivity contribution < 1.29 is 13.6 Å². The number of likely N-dealkylation sites (N-methyl/N-ethyl adjacent to an activating group) is 1. The van der Waals surface area contributed by atoms with Crippen molar-refractivity contribution in [1.29, 1.82) is 0 Å². The highest BCUT2D eigenvalue weighted by Crippen LogP contribution is 2.28. The zero-order chi connectivity index (χ0) is 15.0. The van der Waals surface area contributed by atoms with Crippen LogP contribution in [0.1, 0.15) is 5.76 Å². The lowest BCUT2D eigenvalue weighted by atomic mass is 10.1. The van der Waals surface area contributed by atoms with Crippen LogP contribution in [0, 0.1) is 5.82 Å². The number of piperazine rings is 1. The van der Waals surface area contributed by atoms with Gasteiger partial charge in [-0.05, 0) is 13.1 Å². The van der Waals surface area contributed by atoms with Crippen molar-refractivity contribution >= 4 is 22.9 Å². The van der Waals surface area contributed by atoms with Crippen LogP contribution >= 0.6 is 0 Å². The minimum atomic E-state index is -0.494.